The maximum atomic E-state index is 12.6. The molecule has 2 aromatic rings. The van der Waals surface area contributed by atoms with Crippen molar-refractivity contribution >= 4 is 5.78 Å². The van der Waals surface area contributed by atoms with Crippen LogP contribution in [-0.2, 0) is 0 Å². The topological polar surface area (TPSA) is 17.1 Å². The summed E-state index contributed by atoms with van der Waals surface area (Å²) in [7, 11) is 0. The molecule has 0 amide bonds. The number of ketones is 1. The Labute approximate surface area is 144 Å². The Morgan fingerprint density at radius 2 is 1.21 bits per heavy atom. The molecule has 1 nitrogen and oxygen atoms in total. The fourth-order valence-electron chi connectivity index (χ4n) is 6.08. The van der Waals surface area contributed by atoms with Crippen LogP contribution in [0.2, 0.25) is 0 Å². The molecule has 0 aliphatic heterocycles. The molecule has 4 fully saturated rings. The van der Waals surface area contributed by atoms with Crippen LogP contribution in [0.4, 0.5) is 0 Å². The van der Waals surface area contributed by atoms with E-state index in [1.807, 2.05) is 30.3 Å². The molecular weight excluding hydrogens is 292 g/mol. The van der Waals surface area contributed by atoms with Gasteiger partial charge in [0.15, 0.2) is 5.78 Å². The number of hydrogen-bond donors (Lipinski definition) is 0. The van der Waals surface area contributed by atoms with Gasteiger partial charge in [0, 0.05) is 11.1 Å². The van der Waals surface area contributed by atoms with Crippen LogP contribution >= 0.6 is 0 Å². The zero-order valence-corrected chi connectivity index (χ0v) is 14.0. The van der Waals surface area contributed by atoms with Gasteiger partial charge in [-0.05, 0) is 67.3 Å². The van der Waals surface area contributed by atoms with Crippen LogP contribution in [0.15, 0.2) is 54.6 Å². The van der Waals surface area contributed by atoms with E-state index in [1.165, 1.54) is 37.7 Å². The molecule has 4 aliphatic rings. The van der Waals surface area contributed by atoms with E-state index in [1.54, 1.807) is 0 Å². The molecule has 4 aliphatic carbocycles. The highest BCUT2D eigenvalue weighted by atomic mass is 16.1. The average molecular weight is 316 g/mol. The van der Waals surface area contributed by atoms with Crippen LogP contribution in [0.25, 0.3) is 0 Å². The van der Waals surface area contributed by atoms with Gasteiger partial charge in [0.1, 0.15) is 0 Å². The molecule has 24 heavy (non-hydrogen) atoms. The molecule has 0 atom stereocenters. The summed E-state index contributed by atoms with van der Waals surface area (Å²) in [4.78, 5) is 12.6. The first-order valence-electron chi connectivity index (χ1n) is 9.47. The van der Waals surface area contributed by atoms with Crippen molar-refractivity contribution in [3.05, 3.63) is 71.3 Å². The van der Waals surface area contributed by atoms with Crippen molar-refractivity contribution in [2.75, 3.05) is 0 Å². The number of carbonyl (C=O) groups excluding carboxylic acids is 1. The van der Waals surface area contributed by atoms with Gasteiger partial charge < -0.3 is 0 Å². The molecule has 4 bridgehead atoms. The molecular formula is C23H24O. The molecule has 0 saturated heterocycles. The van der Waals surface area contributed by atoms with Gasteiger partial charge in [-0.2, -0.15) is 0 Å². The second-order valence-electron chi connectivity index (χ2n) is 8.27. The van der Waals surface area contributed by atoms with E-state index in [0.717, 1.165) is 40.7 Å². The van der Waals surface area contributed by atoms with Crippen LogP contribution in [-0.4, -0.2) is 5.78 Å². The SMILES string of the molecule is O=C(c1ccccc1)c1ccc(C2C3CC4CC(C3)CC2C4)cc1. The minimum absolute atomic E-state index is 0.132. The fourth-order valence-corrected chi connectivity index (χ4v) is 6.08. The predicted octanol–water partition coefficient (Wildman–Crippen LogP) is 5.46. The third-order valence-corrected chi connectivity index (χ3v) is 6.82. The van der Waals surface area contributed by atoms with E-state index in [0.29, 0.717) is 0 Å². The van der Waals surface area contributed by atoms with Gasteiger partial charge >= 0.3 is 0 Å². The lowest BCUT2D eigenvalue weighted by Crippen LogP contribution is -2.43. The van der Waals surface area contributed by atoms with Crippen molar-refractivity contribution < 1.29 is 4.79 Å². The van der Waals surface area contributed by atoms with E-state index in [2.05, 4.69) is 24.3 Å². The Bertz CT molecular complexity index is 715. The third kappa shape index (κ3) is 2.33. The molecule has 0 N–H and O–H groups in total. The number of carbonyl (C=O) groups is 1. The molecule has 1 heteroatoms. The van der Waals surface area contributed by atoms with Crippen LogP contribution < -0.4 is 0 Å². The standard InChI is InChI=1S/C23H24O/c24-23(18-4-2-1-3-5-18)19-8-6-17(7-9-19)22-20-11-15-10-16(13-20)14-21(22)12-15/h1-9,15-16,20-22H,10-14H2. The molecule has 2 aromatic carbocycles. The minimum atomic E-state index is 0.132. The van der Waals surface area contributed by atoms with Crippen LogP contribution in [0, 0.1) is 23.7 Å². The van der Waals surface area contributed by atoms with Crippen LogP contribution in [0.1, 0.15) is 59.5 Å². The fraction of sp³-hybridized carbons (Fsp3) is 0.435. The average Bonchev–Trinajstić information content (AvgIpc) is 2.61. The maximum Gasteiger partial charge on any atom is 0.193 e. The van der Waals surface area contributed by atoms with Gasteiger partial charge in [-0.3, -0.25) is 4.79 Å². The van der Waals surface area contributed by atoms with Crippen LogP contribution in [0.5, 0.6) is 0 Å². The van der Waals surface area contributed by atoms with Gasteiger partial charge in [0.25, 0.3) is 0 Å². The Balaban J connectivity index is 1.40. The largest absolute Gasteiger partial charge is 0.289 e. The molecule has 0 heterocycles. The summed E-state index contributed by atoms with van der Waals surface area (Å²) in [5, 5.41) is 0. The third-order valence-electron chi connectivity index (χ3n) is 6.82. The van der Waals surface area contributed by atoms with Crippen molar-refractivity contribution in [3.8, 4) is 0 Å². The molecule has 0 aromatic heterocycles. The van der Waals surface area contributed by atoms with Gasteiger partial charge in [0.2, 0.25) is 0 Å². The Kier molecular flexibility index (Phi) is 3.36. The van der Waals surface area contributed by atoms with Gasteiger partial charge in [-0.1, -0.05) is 54.6 Å². The lowest BCUT2D eigenvalue weighted by atomic mass is 9.51. The monoisotopic (exact) mass is 316 g/mol. The van der Waals surface area contributed by atoms with E-state index in [4.69, 9.17) is 0 Å². The van der Waals surface area contributed by atoms with Crippen LogP contribution in [0.3, 0.4) is 0 Å². The zero-order valence-electron chi connectivity index (χ0n) is 14.0. The highest BCUT2D eigenvalue weighted by Gasteiger charge is 2.48. The summed E-state index contributed by atoms with van der Waals surface area (Å²) in [6.45, 7) is 0. The van der Waals surface area contributed by atoms with E-state index in [9.17, 15) is 4.79 Å². The molecule has 0 spiro atoms. The van der Waals surface area contributed by atoms with Gasteiger partial charge in [-0.25, -0.2) is 0 Å². The quantitative estimate of drug-likeness (QED) is 0.687. The Morgan fingerprint density at radius 3 is 1.79 bits per heavy atom. The number of benzene rings is 2. The highest BCUT2D eigenvalue weighted by Crippen LogP contribution is 2.59. The zero-order chi connectivity index (χ0) is 16.1. The Hall–Kier alpha value is -1.89. The summed E-state index contributed by atoms with van der Waals surface area (Å²) in [6.07, 6.45) is 7.29. The van der Waals surface area contributed by atoms with Crippen molar-refractivity contribution in [3.63, 3.8) is 0 Å². The van der Waals surface area contributed by atoms with E-state index in [-0.39, 0.29) is 5.78 Å². The Morgan fingerprint density at radius 1 is 0.667 bits per heavy atom. The van der Waals surface area contributed by atoms with E-state index >= 15 is 0 Å². The lowest BCUT2D eigenvalue weighted by Gasteiger charge is -2.54. The van der Waals surface area contributed by atoms with Gasteiger partial charge in [-0.15, -0.1) is 0 Å². The normalized spacial score (nSPS) is 33.6. The van der Waals surface area contributed by atoms with E-state index < -0.39 is 0 Å². The van der Waals surface area contributed by atoms with Crippen molar-refractivity contribution in [2.24, 2.45) is 23.7 Å². The minimum Gasteiger partial charge on any atom is -0.289 e. The van der Waals surface area contributed by atoms with Crippen molar-refractivity contribution in [2.45, 2.75) is 38.0 Å². The summed E-state index contributed by atoms with van der Waals surface area (Å²) >= 11 is 0. The first kappa shape index (κ1) is 14.5. The molecule has 122 valence electrons. The summed E-state index contributed by atoms with van der Waals surface area (Å²) in [5.74, 6) is 4.71. The first-order chi connectivity index (χ1) is 11.8. The molecule has 4 saturated carbocycles. The van der Waals surface area contributed by atoms with Crippen molar-refractivity contribution in [1.82, 2.24) is 0 Å². The van der Waals surface area contributed by atoms with Crippen molar-refractivity contribution in [1.29, 1.82) is 0 Å². The summed E-state index contributed by atoms with van der Waals surface area (Å²) in [6, 6.07) is 18.2. The molecule has 6 rings (SSSR count). The summed E-state index contributed by atoms with van der Waals surface area (Å²) in [5.41, 5.74) is 3.07. The first-order valence-corrected chi connectivity index (χ1v) is 9.47. The van der Waals surface area contributed by atoms with Gasteiger partial charge in [0.05, 0.1) is 0 Å². The number of hydrogen-bond acceptors (Lipinski definition) is 1. The second-order valence-corrected chi connectivity index (χ2v) is 8.27. The summed E-state index contributed by atoms with van der Waals surface area (Å²) < 4.78 is 0. The number of rotatable bonds is 3. The smallest absolute Gasteiger partial charge is 0.193 e. The predicted molar refractivity (Wildman–Crippen MR) is 96.1 cm³/mol. The molecule has 0 radical (unpaired) electrons. The maximum absolute atomic E-state index is 12.6. The highest BCUT2D eigenvalue weighted by molar-refractivity contribution is 6.08. The second kappa shape index (κ2) is 5.58. The lowest BCUT2D eigenvalue weighted by molar-refractivity contribution is -0.00277. The molecule has 0 unspecified atom stereocenters.